The van der Waals surface area contributed by atoms with Gasteiger partial charge in [-0.15, -0.1) is 0 Å². The van der Waals surface area contributed by atoms with E-state index in [4.69, 9.17) is 9.47 Å². The second-order valence-corrected chi connectivity index (χ2v) is 8.24. The highest BCUT2D eigenvalue weighted by Gasteiger charge is 2.17. The van der Waals surface area contributed by atoms with Crippen molar-refractivity contribution in [1.82, 2.24) is 30.5 Å². The lowest BCUT2D eigenvalue weighted by atomic mass is 10.0. The van der Waals surface area contributed by atoms with Gasteiger partial charge in [0.1, 0.15) is 23.2 Å². The van der Waals surface area contributed by atoms with Gasteiger partial charge in [-0.1, -0.05) is 6.07 Å². The van der Waals surface area contributed by atoms with Gasteiger partial charge in [0, 0.05) is 23.7 Å². The van der Waals surface area contributed by atoms with E-state index in [2.05, 4.69) is 36.5 Å². The van der Waals surface area contributed by atoms with Gasteiger partial charge >= 0.3 is 0 Å². The van der Waals surface area contributed by atoms with Gasteiger partial charge in [-0.05, 0) is 57.0 Å². The van der Waals surface area contributed by atoms with Crippen LogP contribution in [0.15, 0.2) is 49.1 Å². The molecule has 1 unspecified atom stereocenters. The van der Waals surface area contributed by atoms with Gasteiger partial charge in [0.15, 0.2) is 0 Å². The Kier molecular flexibility index (Phi) is 5.68. The molecule has 4 aromatic rings. The molecule has 8 heteroatoms. The van der Waals surface area contributed by atoms with Crippen molar-refractivity contribution in [2.45, 2.75) is 38.9 Å². The molecule has 0 amide bonds. The zero-order valence-corrected chi connectivity index (χ0v) is 18.2. The Morgan fingerprint density at radius 3 is 2.78 bits per heavy atom. The lowest BCUT2D eigenvalue weighted by Gasteiger charge is -2.23. The third-order valence-corrected chi connectivity index (χ3v) is 5.38. The number of rotatable bonds is 6. The van der Waals surface area contributed by atoms with Crippen molar-refractivity contribution < 1.29 is 9.47 Å². The van der Waals surface area contributed by atoms with Crippen LogP contribution in [0, 0.1) is 0 Å². The van der Waals surface area contributed by atoms with Gasteiger partial charge in [0.2, 0.25) is 5.88 Å². The lowest BCUT2D eigenvalue weighted by molar-refractivity contribution is 0.160. The van der Waals surface area contributed by atoms with Crippen molar-refractivity contribution in [2.75, 3.05) is 13.1 Å². The Morgan fingerprint density at radius 1 is 1.03 bits per heavy atom. The minimum atomic E-state index is 0.0902. The first kappa shape index (κ1) is 20.4. The number of aromatic amines is 1. The topological polar surface area (TPSA) is 97.8 Å². The molecule has 4 heterocycles. The second kappa shape index (κ2) is 8.92. The number of benzene rings is 1. The summed E-state index contributed by atoms with van der Waals surface area (Å²) >= 11 is 0. The number of H-pyrrole nitrogens is 1. The highest BCUT2D eigenvalue weighted by Crippen LogP contribution is 2.31. The van der Waals surface area contributed by atoms with E-state index in [1.165, 1.54) is 0 Å². The molecular formula is C24H26N6O2. The zero-order valence-electron chi connectivity index (χ0n) is 18.2. The number of ether oxygens (including phenoxy) is 2. The maximum absolute atomic E-state index is 6.05. The molecule has 3 aromatic heterocycles. The van der Waals surface area contributed by atoms with Crippen molar-refractivity contribution in [3.63, 3.8) is 0 Å². The molecule has 2 N–H and O–H groups in total. The van der Waals surface area contributed by atoms with Gasteiger partial charge in [-0.3, -0.25) is 15.1 Å². The van der Waals surface area contributed by atoms with Gasteiger partial charge in [0.05, 0.1) is 30.2 Å². The molecule has 1 atom stereocenters. The summed E-state index contributed by atoms with van der Waals surface area (Å²) in [6, 6.07) is 8.14. The second-order valence-electron chi connectivity index (χ2n) is 8.24. The number of aromatic nitrogens is 5. The average Bonchev–Trinajstić information content (AvgIpc) is 3.23. The minimum Gasteiger partial charge on any atom is -0.489 e. The van der Waals surface area contributed by atoms with Crippen LogP contribution < -0.4 is 14.8 Å². The van der Waals surface area contributed by atoms with E-state index in [1.807, 2.05) is 38.2 Å². The van der Waals surface area contributed by atoms with Gasteiger partial charge < -0.3 is 14.8 Å². The Balaban J connectivity index is 1.46. The summed E-state index contributed by atoms with van der Waals surface area (Å²) in [6.45, 7) is 5.86. The Morgan fingerprint density at radius 2 is 1.94 bits per heavy atom. The molecule has 8 nitrogen and oxygen atoms in total. The fourth-order valence-corrected chi connectivity index (χ4v) is 3.91. The highest BCUT2D eigenvalue weighted by molar-refractivity contribution is 5.94. The summed E-state index contributed by atoms with van der Waals surface area (Å²) in [6.07, 6.45) is 9.26. The minimum absolute atomic E-state index is 0.0902. The first-order valence-electron chi connectivity index (χ1n) is 11.0. The van der Waals surface area contributed by atoms with Crippen molar-refractivity contribution in [1.29, 1.82) is 0 Å². The molecule has 32 heavy (non-hydrogen) atoms. The third-order valence-electron chi connectivity index (χ3n) is 5.38. The van der Waals surface area contributed by atoms with Crippen molar-refractivity contribution in [2.24, 2.45) is 0 Å². The van der Waals surface area contributed by atoms with Crippen LogP contribution in [-0.4, -0.2) is 50.4 Å². The quantitative estimate of drug-likeness (QED) is 0.477. The van der Waals surface area contributed by atoms with E-state index >= 15 is 0 Å². The lowest BCUT2D eigenvalue weighted by Crippen LogP contribution is -2.37. The number of nitrogens with zero attached hydrogens (tertiary/aromatic N) is 4. The summed E-state index contributed by atoms with van der Waals surface area (Å²) in [4.78, 5) is 13.4. The number of hydrogen-bond donors (Lipinski definition) is 2. The predicted octanol–water partition coefficient (Wildman–Crippen LogP) is 4.00. The molecular weight excluding hydrogens is 404 g/mol. The molecule has 0 bridgehead atoms. The van der Waals surface area contributed by atoms with E-state index in [0.717, 1.165) is 59.4 Å². The summed E-state index contributed by atoms with van der Waals surface area (Å²) in [5.74, 6) is 1.27. The third kappa shape index (κ3) is 4.40. The number of hydrogen-bond acceptors (Lipinski definition) is 7. The maximum Gasteiger partial charge on any atom is 0.233 e. The largest absolute Gasteiger partial charge is 0.489 e. The SMILES string of the molecule is CC(C)Oc1cncc(-c2ccc3[nH]nc(-c4cncc(OC5CCCNC5)n4)c3c2)c1. The number of piperidine rings is 1. The molecule has 1 fully saturated rings. The van der Waals surface area contributed by atoms with E-state index in [0.29, 0.717) is 11.6 Å². The normalized spacial score (nSPS) is 16.4. The molecule has 1 aliphatic heterocycles. The zero-order chi connectivity index (χ0) is 21.9. The molecule has 1 saturated heterocycles. The van der Waals surface area contributed by atoms with Crippen LogP contribution >= 0.6 is 0 Å². The summed E-state index contributed by atoms with van der Waals surface area (Å²) < 4.78 is 11.8. The van der Waals surface area contributed by atoms with Gasteiger partial charge in [-0.2, -0.15) is 5.10 Å². The number of fused-ring (bicyclic) bond motifs is 1. The van der Waals surface area contributed by atoms with Crippen LogP contribution in [0.4, 0.5) is 0 Å². The van der Waals surface area contributed by atoms with Crippen LogP contribution in [0.25, 0.3) is 33.4 Å². The molecule has 5 rings (SSSR count). The molecule has 0 aliphatic carbocycles. The van der Waals surface area contributed by atoms with E-state index in [-0.39, 0.29) is 12.2 Å². The van der Waals surface area contributed by atoms with Gasteiger partial charge in [0.25, 0.3) is 0 Å². The standard InChI is InChI=1S/C24H26N6O2/c1-15(2)31-19-8-17(10-26-12-19)16-5-6-21-20(9-16)24(30-29-21)22-13-27-14-23(28-22)32-18-4-3-7-25-11-18/h5-6,8-10,12-15,18,25H,3-4,7,11H2,1-2H3,(H,29,30). The van der Waals surface area contributed by atoms with Gasteiger partial charge in [-0.25, -0.2) is 4.98 Å². The first-order chi connectivity index (χ1) is 15.7. The molecule has 164 valence electrons. The first-order valence-corrected chi connectivity index (χ1v) is 11.0. The maximum atomic E-state index is 6.05. The number of pyridine rings is 1. The smallest absolute Gasteiger partial charge is 0.233 e. The summed E-state index contributed by atoms with van der Waals surface area (Å²) in [7, 11) is 0. The van der Waals surface area contributed by atoms with Crippen LogP contribution in [-0.2, 0) is 0 Å². The Bertz CT molecular complexity index is 1220. The molecule has 0 radical (unpaired) electrons. The number of nitrogens with one attached hydrogen (secondary N) is 2. The summed E-state index contributed by atoms with van der Waals surface area (Å²) in [5.41, 5.74) is 4.34. The fourth-order valence-electron chi connectivity index (χ4n) is 3.91. The Labute approximate surface area is 186 Å². The van der Waals surface area contributed by atoms with E-state index in [1.54, 1.807) is 18.6 Å². The molecule has 1 aromatic carbocycles. The monoisotopic (exact) mass is 430 g/mol. The highest BCUT2D eigenvalue weighted by atomic mass is 16.5. The van der Waals surface area contributed by atoms with Crippen molar-refractivity contribution in [3.05, 3.63) is 49.1 Å². The van der Waals surface area contributed by atoms with Crippen LogP contribution in [0.1, 0.15) is 26.7 Å². The van der Waals surface area contributed by atoms with Crippen molar-refractivity contribution in [3.8, 4) is 34.1 Å². The predicted molar refractivity (Wildman–Crippen MR) is 123 cm³/mol. The van der Waals surface area contributed by atoms with E-state index < -0.39 is 0 Å². The van der Waals surface area contributed by atoms with Crippen molar-refractivity contribution >= 4 is 10.9 Å². The molecule has 1 aliphatic rings. The molecule has 0 spiro atoms. The average molecular weight is 431 g/mol. The van der Waals surface area contributed by atoms with Crippen LogP contribution in [0.2, 0.25) is 0 Å². The van der Waals surface area contributed by atoms with E-state index in [9.17, 15) is 0 Å². The van der Waals surface area contributed by atoms with Crippen LogP contribution in [0.3, 0.4) is 0 Å². The fraction of sp³-hybridized carbons (Fsp3) is 0.333. The van der Waals surface area contributed by atoms with Crippen LogP contribution in [0.5, 0.6) is 11.6 Å². The Hall–Kier alpha value is -3.52. The molecule has 0 saturated carbocycles. The summed E-state index contributed by atoms with van der Waals surface area (Å²) in [5, 5.41) is 11.9.